The van der Waals surface area contributed by atoms with Crippen LogP contribution in [0.5, 0.6) is 0 Å². The first-order chi connectivity index (χ1) is 16.4. The molecular weight excluding hydrogens is 487 g/mol. The molecule has 0 atom stereocenters. The number of carbonyl (C=O) groups excluding carboxylic acids is 1. The van der Waals surface area contributed by atoms with Gasteiger partial charge in [0.15, 0.2) is 20.5 Å². The van der Waals surface area contributed by atoms with Crippen molar-refractivity contribution in [2.45, 2.75) is 43.9 Å². The average Bonchev–Trinajstić information content (AvgIpc) is 3.43. The van der Waals surface area contributed by atoms with Gasteiger partial charge in [0.2, 0.25) is 0 Å². The summed E-state index contributed by atoms with van der Waals surface area (Å²) in [5, 5.41) is 6.77. The SMILES string of the molecule is CCS(=O)(=O)c1nn2c(C(=O)NC3CC3)c(C)cnc2c1-c1nc2cc(C(F)(F)F)ncc2n1C. The largest absolute Gasteiger partial charge is 0.433 e. The van der Waals surface area contributed by atoms with E-state index in [1.807, 2.05) is 0 Å². The van der Waals surface area contributed by atoms with E-state index in [1.165, 1.54) is 29.3 Å². The Hall–Kier alpha value is -3.55. The molecule has 1 saturated carbocycles. The number of aromatic nitrogens is 6. The van der Waals surface area contributed by atoms with Crippen LogP contribution in [0.2, 0.25) is 0 Å². The third-order valence-electron chi connectivity index (χ3n) is 5.88. The highest BCUT2D eigenvalue weighted by Crippen LogP contribution is 2.35. The van der Waals surface area contributed by atoms with Gasteiger partial charge in [-0.25, -0.2) is 27.9 Å². The molecule has 1 aliphatic carbocycles. The lowest BCUT2D eigenvalue weighted by atomic mass is 10.2. The van der Waals surface area contributed by atoms with Gasteiger partial charge in [0.05, 0.1) is 23.0 Å². The van der Waals surface area contributed by atoms with Crippen molar-refractivity contribution in [3.8, 4) is 11.4 Å². The third-order valence-corrected chi connectivity index (χ3v) is 7.51. The van der Waals surface area contributed by atoms with Crippen LogP contribution in [-0.4, -0.2) is 55.3 Å². The summed E-state index contributed by atoms with van der Waals surface area (Å²) in [4.78, 5) is 25.1. The summed E-state index contributed by atoms with van der Waals surface area (Å²) in [6.45, 7) is 3.10. The van der Waals surface area contributed by atoms with Crippen LogP contribution in [0, 0.1) is 6.92 Å². The standard InChI is InChI=1S/C21H20F3N7O3S/c1-4-35(33,34)20-15(18-28-12-7-14(21(22,23)24)25-9-13(12)30(18)3)17-26-8-10(2)16(31(17)29-20)19(32)27-11-5-6-11/h7-9,11H,4-6H2,1-3H3,(H,27,32). The zero-order valence-electron chi connectivity index (χ0n) is 18.9. The van der Waals surface area contributed by atoms with E-state index < -0.39 is 27.6 Å². The van der Waals surface area contributed by atoms with E-state index in [9.17, 15) is 26.4 Å². The Morgan fingerprint density at radius 3 is 2.57 bits per heavy atom. The molecule has 35 heavy (non-hydrogen) atoms. The first-order valence-electron chi connectivity index (χ1n) is 10.7. The van der Waals surface area contributed by atoms with E-state index in [4.69, 9.17) is 0 Å². The fourth-order valence-corrected chi connectivity index (χ4v) is 4.80. The molecule has 0 bridgehead atoms. The fourth-order valence-electron chi connectivity index (χ4n) is 3.83. The molecule has 4 aromatic rings. The number of fused-ring (bicyclic) bond motifs is 2. The molecule has 0 aromatic carbocycles. The number of pyridine rings is 1. The molecule has 4 aromatic heterocycles. The van der Waals surface area contributed by atoms with Gasteiger partial charge in [-0.1, -0.05) is 6.92 Å². The topological polar surface area (TPSA) is 124 Å². The van der Waals surface area contributed by atoms with Crippen LogP contribution in [0.15, 0.2) is 23.5 Å². The Kier molecular flexibility index (Phi) is 5.12. The highest BCUT2D eigenvalue weighted by molar-refractivity contribution is 7.91. The number of sulfone groups is 1. The number of aryl methyl sites for hydroxylation is 2. The van der Waals surface area contributed by atoms with Gasteiger partial charge in [0.25, 0.3) is 5.91 Å². The van der Waals surface area contributed by atoms with Crippen molar-refractivity contribution in [3.63, 3.8) is 0 Å². The molecular formula is C21H20F3N7O3S. The van der Waals surface area contributed by atoms with E-state index in [0.717, 1.165) is 25.1 Å². The van der Waals surface area contributed by atoms with E-state index >= 15 is 0 Å². The minimum Gasteiger partial charge on any atom is -0.348 e. The molecule has 1 fully saturated rings. The molecule has 4 heterocycles. The zero-order chi connectivity index (χ0) is 25.3. The number of amides is 1. The predicted octanol–water partition coefficient (Wildman–Crippen LogP) is 2.69. The van der Waals surface area contributed by atoms with Crippen LogP contribution in [0.4, 0.5) is 13.2 Å². The van der Waals surface area contributed by atoms with E-state index in [2.05, 4.69) is 25.4 Å². The van der Waals surface area contributed by atoms with Gasteiger partial charge in [-0.3, -0.25) is 4.79 Å². The van der Waals surface area contributed by atoms with Gasteiger partial charge in [-0.05, 0) is 31.4 Å². The number of nitrogens with one attached hydrogen (secondary N) is 1. The van der Waals surface area contributed by atoms with Gasteiger partial charge in [-0.2, -0.15) is 18.3 Å². The van der Waals surface area contributed by atoms with Crippen molar-refractivity contribution in [1.29, 1.82) is 0 Å². The molecule has 1 N–H and O–H groups in total. The lowest BCUT2D eigenvalue weighted by Gasteiger charge is -2.08. The van der Waals surface area contributed by atoms with Crippen molar-refractivity contribution < 1.29 is 26.4 Å². The summed E-state index contributed by atoms with van der Waals surface area (Å²) in [5.41, 5.74) is -0.238. The quantitative estimate of drug-likeness (QED) is 0.440. The zero-order valence-corrected chi connectivity index (χ0v) is 19.7. The molecule has 5 rings (SSSR count). The van der Waals surface area contributed by atoms with Crippen molar-refractivity contribution in [2.75, 3.05) is 5.75 Å². The van der Waals surface area contributed by atoms with E-state index in [1.54, 1.807) is 6.92 Å². The number of imidazole rings is 1. The Bertz CT molecular complexity index is 1620. The number of alkyl halides is 3. The molecule has 184 valence electrons. The fraction of sp³-hybridized carbons (Fsp3) is 0.381. The van der Waals surface area contributed by atoms with Crippen molar-refractivity contribution >= 4 is 32.4 Å². The number of nitrogens with zero attached hydrogens (tertiary/aromatic N) is 6. The Morgan fingerprint density at radius 2 is 1.94 bits per heavy atom. The van der Waals surface area contributed by atoms with Gasteiger partial charge in [-0.15, -0.1) is 0 Å². The minimum atomic E-state index is -4.67. The second-order valence-electron chi connectivity index (χ2n) is 8.41. The summed E-state index contributed by atoms with van der Waals surface area (Å²) in [6.07, 6.45) is -0.508. The van der Waals surface area contributed by atoms with E-state index in [-0.39, 0.29) is 50.6 Å². The maximum Gasteiger partial charge on any atom is 0.433 e. The second-order valence-corrected chi connectivity index (χ2v) is 10.6. The summed E-state index contributed by atoms with van der Waals surface area (Å²) < 4.78 is 68.2. The number of rotatable bonds is 5. The molecule has 10 nitrogen and oxygen atoms in total. The molecule has 0 radical (unpaired) electrons. The molecule has 0 unspecified atom stereocenters. The molecule has 1 aliphatic rings. The highest BCUT2D eigenvalue weighted by Gasteiger charge is 2.35. The lowest BCUT2D eigenvalue weighted by Crippen LogP contribution is -2.28. The first kappa shape index (κ1) is 23.2. The van der Waals surface area contributed by atoms with E-state index in [0.29, 0.717) is 5.56 Å². The molecule has 0 saturated heterocycles. The Morgan fingerprint density at radius 1 is 1.23 bits per heavy atom. The maximum absolute atomic E-state index is 13.2. The number of carbonyl (C=O) groups is 1. The van der Waals surface area contributed by atoms with Gasteiger partial charge in [0, 0.05) is 19.3 Å². The smallest absolute Gasteiger partial charge is 0.348 e. The predicted molar refractivity (Wildman–Crippen MR) is 118 cm³/mol. The summed E-state index contributed by atoms with van der Waals surface area (Å²) >= 11 is 0. The highest BCUT2D eigenvalue weighted by atomic mass is 32.2. The van der Waals surface area contributed by atoms with Crippen molar-refractivity contribution in [1.82, 2.24) is 34.4 Å². The summed E-state index contributed by atoms with van der Waals surface area (Å²) in [6, 6.07) is 0.846. The third kappa shape index (κ3) is 3.81. The first-order valence-corrected chi connectivity index (χ1v) is 12.4. The monoisotopic (exact) mass is 507 g/mol. The Balaban J connectivity index is 1.81. The summed E-state index contributed by atoms with van der Waals surface area (Å²) in [7, 11) is -2.41. The number of hydrogen-bond acceptors (Lipinski definition) is 7. The molecule has 14 heteroatoms. The molecule has 0 aliphatic heterocycles. The van der Waals surface area contributed by atoms with Gasteiger partial charge >= 0.3 is 6.18 Å². The van der Waals surface area contributed by atoms with Gasteiger partial charge in [0.1, 0.15) is 22.8 Å². The van der Waals surface area contributed by atoms with Crippen LogP contribution < -0.4 is 5.32 Å². The minimum absolute atomic E-state index is 0.000388. The molecule has 1 amide bonds. The van der Waals surface area contributed by atoms with Crippen LogP contribution >= 0.6 is 0 Å². The second kappa shape index (κ2) is 7.73. The van der Waals surface area contributed by atoms with Gasteiger partial charge < -0.3 is 9.88 Å². The van der Waals surface area contributed by atoms with Crippen LogP contribution in [-0.2, 0) is 23.1 Å². The lowest BCUT2D eigenvalue weighted by molar-refractivity contribution is -0.141. The molecule has 0 spiro atoms. The number of halogens is 3. The maximum atomic E-state index is 13.2. The normalized spacial score (nSPS) is 14.7. The van der Waals surface area contributed by atoms with Crippen molar-refractivity contribution in [2.24, 2.45) is 7.05 Å². The average molecular weight is 507 g/mol. The number of hydrogen-bond donors (Lipinski definition) is 1. The van der Waals surface area contributed by atoms with Crippen molar-refractivity contribution in [3.05, 3.63) is 35.4 Å². The van der Waals surface area contributed by atoms with Crippen LogP contribution in [0.3, 0.4) is 0 Å². The summed E-state index contributed by atoms with van der Waals surface area (Å²) in [5.74, 6) is -0.681. The van der Waals surface area contributed by atoms with Crippen LogP contribution in [0.25, 0.3) is 28.1 Å². The Labute approximate surface area is 197 Å². The van der Waals surface area contributed by atoms with Crippen LogP contribution in [0.1, 0.15) is 41.5 Å².